The minimum absolute atomic E-state index is 0.375. The first kappa shape index (κ1) is 16.2. The lowest BCUT2D eigenvalue weighted by atomic mass is 10.2. The molecule has 0 aliphatic heterocycles. The second kappa shape index (κ2) is 9.14. The van der Waals surface area contributed by atoms with Gasteiger partial charge < -0.3 is 9.47 Å². The number of carbonyl (C=O) groups is 1. The van der Waals surface area contributed by atoms with Crippen molar-refractivity contribution < 1.29 is 14.3 Å². The fourth-order valence-corrected chi connectivity index (χ4v) is 1.49. The zero-order chi connectivity index (χ0) is 14.8. The van der Waals surface area contributed by atoms with Crippen LogP contribution in [-0.2, 0) is 0 Å². The van der Waals surface area contributed by atoms with E-state index in [0.717, 1.165) is 25.7 Å². The Balaban J connectivity index is 2.80. The maximum Gasteiger partial charge on any atom is 0.265 e. The van der Waals surface area contributed by atoms with Crippen LogP contribution in [0.15, 0.2) is 12.1 Å². The largest absolute Gasteiger partial charge is 0.478 e. The summed E-state index contributed by atoms with van der Waals surface area (Å²) in [6.45, 7) is 5.28. The lowest BCUT2D eigenvalue weighted by Crippen LogP contribution is -2.30. The summed E-state index contributed by atoms with van der Waals surface area (Å²) in [6.07, 6.45) is 3.92. The standard InChI is InChI=1S/C14H23N3O3/c1-3-5-7-19-12-9-11(14(18)17-15)10-13(16-12)20-8-6-4-2/h9-10H,3-8,15H2,1-2H3,(H,17,18). The van der Waals surface area contributed by atoms with Crippen LogP contribution in [0.2, 0.25) is 0 Å². The van der Waals surface area contributed by atoms with Crippen molar-refractivity contribution in [2.45, 2.75) is 39.5 Å². The Morgan fingerprint density at radius 3 is 2.05 bits per heavy atom. The summed E-state index contributed by atoms with van der Waals surface area (Å²) >= 11 is 0. The molecule has 0 atom stereocenters. The van der Waals surface area contributed by atoms with Gasteiger partial charge in [0, 0.05) is 12.1 Å². The fourth-order valence-electron chi connectivity index (χ4n) is 1.49. The van der Waals surface area contributed by atoms with E-state index in [4.69, 9.17) is 15.3 Å². The predicted octanol–water partition coefficient (Wildman–Crippen LogP) is 2.04. The molecule has 3 N–H and O–H groups in total. The van der Waals surface area contributed by atoms with Crippen LogP contribution in [-0.4, -0.2) is 24.1 Å². The summed E-state index contributed by atoms with van der Waals surface area (Å²) < 4.78 is 11.0. The van der Waals surface area contributed by atoms with E-state index >= 15 is 0 Å². The normalized spacial score (nSPS) is 10.2. The number of pyridine rings is 1. The van der Waals surface area contributed by atoms with Gasteiger partial charge in [0.05, 0.1) is 18.8 Å². The summed E-state index contributed by atoms with van der Waals surface area (Å²) in [6, 6.07) is 3.12. The number of hydrogen-bond donors (Lipinski definition) is 2. The minimum atomic E-state index is -0.395. The molecule has 1 amide bonds. The molecule has 0 saturated carbocycles. The van der Waals surface area contributed by atoms with Crippen molar-refractivity contribution in [3.63, 3.8) is 0 Å². The molecule has 0 saturated heterocycles. The molecule has 0 aliphatic carbocycles. The molecule has 0 aromatic carbocycles. The predicted molar refractivity (Wildman–Crippen MR) is 76.7 cm³/mol. The molecule has 0 bridgehead atoms. The summed E-state index contributed by atoms with van der Waals surface area (Å²) in [5, 5.41) is 0. The second-order valence-electron chi connectivity index (χ2n) is 4.41. The van der Waals surface area contributed by atoms with Gasteiger partial charge in [-0.2, -0.15) is 4.98 Å². The van der Waals surface area contributed by atoms with Crippen LogP contribution >= 0.6 is 0 Å². The maximum absolute atomic E-state index is 11.6. The lowest BCUT2D eigenvalue weighted by molar-refractivity contribution is 0.0952. The third kappa shape index (κ3) is 5.44. The smallest absolute Gasteiger partial charge is 0.265 e. The lowest BCUT2D eigenvalue weighted by Gasteiger charge is -2.10. The summed E-state index contributed by atoms with van der Waals surface area (Å²) in [5.41, 5.74) is 2.47. The number of carbonyl (C=O) groups excluding carboxylic acids is 1. The molecule has 0 unspecified atom stereocenters. The van der Waals surface area contributed by atoms with Crippen LogP contribution in [0.4, 0.5) is 0 Å². The van der Waals surface area contributed by atoms with E-state index in [1.807, 2.05) is 0 Å². The third-order valence-corrected chi connectivity index (χ3v) is 2.67. The van der Waals surface area contributed by atoms with Crippen molar-refractivity contribution >= 4 is 5.91 Å². The van der Waals surface area contributed by atoms with Gasteiger partial charge in [0.25, 0.3) is 5.91 Å². The molecule has 20 heavy (non-hydrogen) atoms. The van der Waals surface area contributed by atoms with Crippen LogP contribution in [0.3, 0.4) is 0 Å². The van der Waals surface area contributed by atoms with Crippen molar-refractivity contribution in [3.05, 3.63) is 17.7 Å². The average molecular weight is 281 g/mol. The Bertz CT molecular complexity index is 396. The monoisotopic (exact) mass is 281 g/mol. The van der Waals surface area contributed by atoms with E-state index in [0.29, 0.717) is 30.5 Å². The van der Waals surface area contributed by atoms with Crippen molar-refractivity contribution in [1.29, 1.82) is 0 Å². The molecule has 6 heteroatoms. The molecule has 0 fully saturated rings. The number of amides is 1. The van der Waals surface area contributed by atoms with E-state index < -0.39 is 5.91 Å². The van der Waals surface area contributed by atoms with Gasteiger partial charge >= 0.3 is 0 Å². The maximum atomic E-state index is 11.6. The van der Waals surface area contributed by atoms with Crippen molar-refractivity contribution in [3.8, 4) is 11.8 Å². The van der Waals surface area contributed by atoms with Crippen LogP contribution < -0.4 is 20.7 Å². The number of nitrogen functional groups attached to an aromatic ring is 1. The molecule has 0 aliphatic rings. The van der Waals surface area contributed by atoms with E-state index in [2.05, 4.69) is 24.3 Å². The third-order valence-electron chi connectivity index (χ3n) is 2.67. The van der Waals surface area contributed by atoms with Crippen molar-refractivity contribution in [2.75, 3.05) is 13.2 Å². The first-order valence-electron chi connectivity index (χ1n) is 6.99. The van der Waals surface area contributed by atoms with Crippen LogP contribution in [0, 0.1) is 0 Å². The van der Waals surface area contributed by atoms with Gasteiger partial charge in [0.1, 0.15) is 0 Å². The molecule has 112 valence electrons. The fraction of sp³-hybridized carbons (Fsp3) is 0.571. The van der Waals surface area contributed by atoms with E-state index in [9.17, 15) is 4.79 Å². The molecular weight excluding hydrogens is 258 g/mol. The summed E-state index contributed by atoms with van der Waals surface area (Å²) in [7, 11) is 0. The van der Waals surface area contributed by atoms with Gasteiger partial charge in [0.15, 0.2) is 0 Å². The molecule has 0 radical (unpaired) electrons. The molecule has 1 rings (SSSR count). The van der Waals surface area contributed by atoms with E-state index in [1.54, 1.807) is 12.1 Å². The van der Waals surface area contributed by atoms with Crippen LogP contribution in [0.5, 0.6) is 11.8 Å². The number of nitrogens with zero attached hydrogens (tertiary/aromatic N) is 1. The minimum Gasteiger partial charge on any atom is -0.478 e. The Morgan fingerprint density at radius 2 is 1.65 bits per heavy atom. The molecular formula is C14H23N3O3. The highest BCUT2D eigenvalue weighted by Gasteiger charge is 2.10. The quantitative estimate of drug-likeness (QED) is 0.313. The highest BCUT2D eigenvalue weighted by molar-refractivity contribution is 5.94. The number of unbranched alkanes of at least 4 members (excludes halogenated alkanes) is 2. The zero-order valence-electron chi connectivity index (χ0n) is 12.1. The Hall–Kier alpha value is -1.82. The topological polar surface area (TPSA) is 86.5 Å². The second-order valence-corrected chi connectivity index (χ2v) is 4.41. The van der Waals surface area contributed by atoms with E-state index in [-0.39, 0.29) is 0 Å². The number of hydrazine groups is 1. The molecule has 1 aromatic heterocycles. The number of nitrogens with two attached hydrogens (primary N) is 1. The number of ether oxygens (including phenoxy) is 2. The number of aromatic nitrogens is 1. The molecule has 6 nitrogen and oxygen atoms in total. The van der Waals surface area contributed by atoms with Gasteiger partial charge in [0.2, 0.25) is 11.8 Å². The zero-order valence-corrected chi connectivity index (χ0v) is 12.1. The summed E-state index contributed by atoms with van der Waals surface area (Å²) in [4.78, 5) is 15.8. The first-order chi connectivity index (χ1) is 9.71. The Labute approximate surface area is 119 Å². The highest BCUT2D eigenvalue weighted by atomic mass is 16.5. The molecule has 0 spiro atoms. The molecule has 1 aromatic rings. The number of rotatable bonds is 9. The van der Waals surface area contributed by atoms with Crippen LogP contribution in [0.25, 0.3) is 0 Å². The van der Waals surface area contributed by atoms with Crippen molar-refractivity contribution in [2.24, 2.45) is 5.84 Å². The SMILES string of the molecule is CCCCOc1cc(C(=O)NN)cc(OCCCC)n1. The number of hydrogen-bond acceptors (Lipinski definition) is 5. The number of nitrogens with one attached hydrogen (secondary N) is 1. The summed E-state index contributed by atoms with van der Waals surface area (Å²) in [5.74, 6) is 5.51. The molecule has 1 heterocycles. The van der Waals surface area contributed by atoms with Gasteiger partial charge in [-0.25, -0.2) is 5.84 Å². The highest BCUT2D eigenvalue weighted by Crippen LogP contribution is 2.18. The van der Waals surface area contributed by atoms with E-state index in [1.165, 1.54) is 0 Å². The first-order valence-corrected chi connectivity index (χ1v) is 6.99. The van der Waals surface area contributed by atoms with Crippen LogP contribution in [0.1, 0.15) is 49.9 Å². The van der Waals surface area contributed by atoms with Gasteiger partial charge in [-0.3, -0.25) is 10.2 Å². The van der Waals surface area contributed by atoms with Gasteiger partial charge in [-0.1, -0.05) is 26.7 Å². The van der Waals surface area contributed by atoms with Gasteiger partial charge in [-0.05, 0) is 12.8 Å². The van der Waals surface area contributed by atoms with Crippen molar-refractivity contribution in [1.82, 2.24) is 10.4 Å². The Kier molecular flexibility index (Phi) is 7.42. The Morgan fingerprint density at radius 1 is 1.15 bits per heavy atom. The van der Waals surface area contributed by atoms with Gasteiger partial charge in [-0.15, -0.1) is 0 Å². The average Bonchev–Trinajstić information content (AvgIpc) is 2.47.